The smallest absolute Gasteiger partial charge is 0.184 e. The van der Waals surface area contributed by atoms with E-state index in [1.807, 2.05) is 12.1 Å². The van der Waals surface area contributed by atoms with Gasteiger partial charge in [-0.25, -0.2) is 4.98 Å². The summed E-state index contributed by atoms with van der Waals surface area (Å²) in [6.07, 6.45) is 1.64. The number of nitrogens with zero attached hydrogens (tertiary/aromatic N) is 4. The summed E-state index contributed by atoms with van der Waals surface area (Å²) in [5, 5.41) is 8.08. The molecule has 0 spiro atoms. The molecule has 1 saturated heterocycles. The molecule has 1 aromatic heterocycles. The average molecular weight is 317 g/mol. The molecule has 1 fully saturated rings. The number of thiazole rings is 1. The molecule has 0 radical (unpaired) electrons. The Kier molecular flexibility index (Phi) is 3.49. The van der Waals surface area contributed by atoms with Crippen molar-refractivity contribution >= 4 is 26.7 Å². The zero-order valence-electron chi connectivity index (χ0n) is 11.9. The molecule has 0 amide bonds. The van der Waals surface area contributed by atoms with Gasteiger partial charge in [0.05, 0.1) is 35.5 Å². The number of nitrogens with one attached hydrogen (secondary N) is 1. The third-order valence-corrected chi connectivity index (χ3v) is 5.01. The van der Waals surface area contributed by atoms with Gasteiger partial charge in [-0.15, -0.1) is 0 Å². The summed E-state index contributed by atoms with van der Waals surface area (Å²) < 4.78 is 12.2. The fourth-order valence-electron chi connectivity index (χ4n) is 2.96. The minimum Gasteiger partial charge on any atom is -0.493 e. The molecule has 0 aliphatic carbocycles. The first kappa shape index (κ1) is 13.6. The van der Waals surface area contributed by atoms with Gasteiger partial charge in [-0.05, 0) is 24.1 Å². The van der Waals surface area contributed by atoms with Crippen molar-refractivity contribution in [1.82, 2.24) is 4.98 Å². The second-order valence-corrected chi connectivity index (χ2v) is 6.42. The van der Waals surface area contributed by atoms with Crippen molar-refractivity contribution in [3.05, 3.63) is 28.1 Å². The van der Waals surface area contributed by atoms with Crippen LogP contribution in [0.2, 0.25) is 0 Å². The van der Waals surface area contributed by atoms with Crippen molar-refractivity contribution in [2.24, 2.45) is 5.11 Å². The van der Waals surface area contributed by atoms with Crippen molar-refractivity contribution in [2.45, 2.75) is 24.9 Å². The maximum Gasteiger partial charge on any atom is 0.184 e. The standard InChI is InChI=1S/C14H15N5O2S/c15-19-18-9-4-5-20-7-10(9)16-14-17-13-8-3-6-21-11(8)1-2-12(13)22-14/h1-2,9-10H,3-7H2,(H,16,17)/t9-,10-/m1/s1. The Labute approximate surface area is 130 Å². The summed E-state index contributed by atoms with van der Waals surface area (Å²) >= 11 is 1.61. The number of rotatable bonds is 3. The zero-order valence-corrected chi connectivity index (χ0v) is 12.7. The number of aromatic nitrogens is 1. The third kappa shape index (κ3) is 2.35. The van der Waals surface area contributed by atoms with Gasteiger partial charge in [0.25, 0.3) is 0 Å². The normalized spacial score (nSPS) is 23.6. The SMILES string of the molecule is [N-]=[N+]=N[C@@H]1CCOC[C@H]1Nc1nc2c3c(ccc2s1)OCC3. The summed E-state index contributed by atoms with van der Waals surface area (Å²) in [7, 11) is 0. The maximum atomic E-state index is 8.69. The Bertz CT molecular complexity index is 755. The highest BCUT2D eigenvalue weighted by Crippen LogP contribution is 2.36. The molecule has 0 saturated carbocycles. The Morgan fingerprint density at radius 3 is 3.27 bits per heavy atom. The lowest BCUT2D eigenvalue weighted by molar-refractivity contribution is 0.0769. The van der Waals surface area contributed by atoms with Gasteiger partial charge in [-0.1, -0.05) is 16.5 Å². The molecular weight excluding hydrogens is 302 g/mol. The molecule has 0 bridgehead atoms. The van der Waals surface area contributed by atoms with Gasteiger partial charge in [0.1, 0.15) is 5.75 Å². The molecule has 114 valence electrons. The summed E-state index contributed by atoms with van der Waals surface area (Å²) in [4.78, 5) is 7.65. The molecule has 2 aliphatic rings. The van der Waals surface area contributed by atoms with E-state index in [0.29, 0.717) is 13.2 Å². The molecule has 4 rings (SSSR count). The number of azide groups is 1. The molecule has 22 heavy (non-hydrogen) atoms. The fourth-order valence-corrected chi connectivity index (χ4v) is 3.92. The first-order valence-electron chi connectivity index (χ1n) is 7.29. The highest BCUT2D eigenvalue weighted by molar-refractivity contribution is 7.22. The summed E-state index contributed by atoms with van der Waals surface area (Å²) in [5.41, 5.74) is 10.9. The second kappa shape index (κ2) is 5.64. The van der Waals surface area contributed by atoms with E-state index in [9.17, 15) is 0 Å². The number of hydrogen-bond donors (Lipinski definition) is 1. The Hall–Kier alpha value is -2.02. The molecule has 2 aromatic rings. The van der Waals surface area contributed by atoms with E-state index < -0.39 is 0 Å². The molecular formula is C14H15N5O2S. The van der Waals surface area contributed by atoms with E-state index in [4.69, 9.17) is 20.0 Å². The summed E-state index contributed by atoms with van der Waals surface area (Å²) in [6, 6.07) is 3.93. The third-order valence-electron chi connectivity index (χ3n) is 4.06. The van der Waals surface area contributed by atoms with Crippen LogP contribution in [0.1, 0.15) is 12.0 Å². The largest absolute Gasteiger partial charge is 0.493 e. The Morgan fingerprint density at radius 2 is 2.36 bits per heavy atom. The maximum absolute atomic E-state index is 8.69. The second-order valence-electron chi connectivity index (χ2n) is 5.39. The lowest BCUT2D eigenvalue weighted by Crippen LogP contribution is -2.41. The van der Waals surface area contributed by atoms with Crippen molar-refractivity contribution in [3.8, 4) is 5.75 Å². The number of ether oxygens (including phenoxy) is 2. The van der Waals surface area contributed by atoms with Crippen LogP contribution in [0.15, 0.2) is 17.2 Å². The van der Waals surface area contributed by atoms with Crippen molar-refractivity contribution < 1.29 is 9.47 Å². The van der Waals surface area contributed by atoms with Crippen LogP contribution >= 0.6 is 11.3 Å². The van der Waals surface area contributed by atoms with E-state index in [-0.39, 0.29) is 12.1 Å². The van der Waals surface area contributed by atoms with Crippen LogP contribution < -0.4 is 10.1 Å². The van der Waals surface area contributed by atoms with Gasteiger partial charge in [-0.2, -0.15) is 0 Å². The van der Waals surface area contributed by atoms with Crippen molar-refractivity contribution in [3.63, 3.8) is 0 Å². The van der Waals surface area contributed by atoms with E-state index in [0.717, 1.165) is 40.5 Å². The van der Waals surface area contributed by atoms with Crippen LogP contribution in [0.4, 0.5) is 5.13 Å². The van der Waals surface area contributed by atoms with Crippen molar-refractivity contribution in [2.75, 3.05) is 25.1 Å². The van der Waals surface area contributed by atoms with E-state index in [1.165, 1.54) is 5.56 Å². The molecule has 8 heteroatoms. The predicted octanol–water partition coefficient (Wildman–Crippen LogP) is 3.11. The molecule has 1 N–H and O–H groups in total. The van der Waals surface area contributed by atoms with E-state index in [2.05, 4.69) is 15.3 Å². The van der Waals surface area contributed by atoms with Gasteiger partial charge < -0.3 is 14.8 Å². The minimum atomic E-state index is -0.0974. The molecule has 7 nitrogen and oxygen atoms in total. The fraction of sp³-hybridized carbons (Fsp3) is 0.500. The molecule has 2 atom stereocenters. The molecule has 1 aromatic carbocycles. The van der Waals surface area contributed by atoms with Crippen LogP contribution in [0, 0.1) is 0 Å². The molecule has 0 unspecified atom stereocenters. The zero-order chi connectivity index (χ0) is 14.9. The van der Waals surface area contributed by atoms with Gasteiger partial charge >= 0.3 is 0 Å². The topological polar surface area (TPSA) is 92.1 Å². The van der Waals surface area contributed by atoms with Gasteiger partial charge in [-0.3, -0.25) is 0 Å². The Morgan fingerprint density at radius 1 is 1.41 bits per heavy atom. The molecule has 3 heterocycles. The number of fused-ring (bicyclic) bond motifs is 3. The van der Waals surface area contributed by atoms with Crippen LogP contribution in [0.5, 0.6) is 5.75 Å². The lowest BCUT2D eigenvalue weighted by Gasteiger charge is -2.28. The first-order valence-corrected chi connectivity index (χ1v) is 8.10. The number of benzene rings is 1. The van der Waals surface area contributed by atoms with Crippen LogP contribution in [0.25, 0.3) is 20.7 Å². The average Bonchev–Trinajstić information content (AvgIpc) is 3.14. The summed E-state index contributed by atoms with van der Waals surface area (Å²) in [5.74, 6) is 0.942. The minimum absolute atomic E-state index is 0.0329. The van der Waals surface area contributed by atoms with Crippen molar-refractivity contribution in [1.29, 1.82) is 0 Å². The first-order chi connectivity index (χ1) is 10.8. The van der Waals surface area contributed by atoms with Crippen LogP contribution in [0.3, 0.4) is 0 Å². The van der Waals surface area contributed by atoms with Gasteiger partial charge in [0.15, 0.2) is 5.13 Å². The van der Waals surface area contributed by atoms with Crippen LogP contribution in [-0.4, -0.2) is 36.9 Å². The monoisotopic (exact) mass is 317 g/mol. The number of hydrogen-bond acceptors (Lipinski definition) is 6. The highest BCUT2D eigenvalue weighted by atomic mass is 32.1. The summed E-state index contributed by atoms with van der Waals surface area (Å²) in [6.45, 7) is 1.89. The highest BCUT2D eigenvalue weighted by Gasteiger charge is 2.26. The number of anilines is 1. The quantitative estimate of drug-likeness (QED) is 0.535. The van der Waals surface area contributed by atoms with Gasteiger partial charge in [0.2, 0.25) is 0 Å². The lowest BCUT2D eigenvalue weighted by atomic mass is 10.1. The molecule has 2 aliphatic heterocycles. The van der Waals surface area contributed by atoms with Crippen LogP contribution in [-0.2, 0) is 11.2 Å². The van der Waals surface area contributed by atoms with E-state index in [1.54, 1.807) is 11.3 Å². The Balaban J connectivity index is 1.62. The predicted molar refractivity (Wildman–Crippen MR) is 84.6 cm³/mol. The van der Waals surface area contributed by atoms with E-state index >= 15 is 0 Å². The van der Waals surface area contributed by atoms with Gasteiger partial charge in [0, 0.05) is 23.5 Å².